The van der Waals surface area contributed by atoms with Crippen molar-refractivity contribution in [3.8, 4) is 0 Å². The van der Waals surface area contributed by atoms with Gasteiger partial charge in [0.05, 0.1) is 0 Å². The first-order valence-electron chi connectivity index (χ1n) is 8.47. The summed E-state index contributed by atoms with van der Waals surface area (Å²) in [5.74, 6) is 0. The summed E-state index contributed by atoms with van der Waals surface area (Å²) >= 11 is 0. The molecule has 0 amide bonds. The standard InChI is InChI=1S/C19H30N2.ClH/c1-19(2,3)15-7-5-14(6-8-15)13-21(4)18-11-16-9-10-17(12-18)20-16;/h5-8,16-18,20H,9-13H2,1-4H3;1H. The van der Waals surface area contributed by atoms with E-state index in [4.69, 9.17) is 0 Å². The van der Waals surface area contributed by atoms with Gasteiger partial charge in [-0.3, -0.25) is 4.90 Å². The molecule has 0 saturated carbocycles. The zero-order chi connectivity index (χ0) is 15.0. The van der Waals surface area contributed by atoms with Crippen LogP contribution >= 0.6 is 12.4 Å². The van der Waals surface area contributed by atoms with Crippen molar-refractivity contribution in [2.75, 3.05) is 7.05 Å². The molecule has 2 bridgehead atoms. The summed E-state index contributed by atoms with van der Waals surface area (Å²) in [5, 5.41) is 3.74. The van der Waals surface area contributed by atoms with Crippen LogP contribution < -0.4 is 5.32 Å². The van der Waals surface area contributed by atoms with Crippen LogP contribution in [-0.2, 0) is 12.0 Å². The zero-order valence-electron chi connectivity index (χ0n) is 14.4. The van der Waals surface area contributed by atoms with Crippen molar-refractivity contribution in [3.05, 3.63) is 35.4 Å². The number of hydrogen-bond donors (Lipinski definition) is 1. The van der Waals surface area contributed by atoms with Crippen LogP contribution in [0.3, 0.4) is 0 Å². The molecule has 124 valence electrons. The van der Waals surface area contributed by atoms with Crippen molar-refractivity contribution in [2.45, 2.75) is 76.5 Å². The molecule has 3 rings (SSSR count). The van der Waals surface area contributed by atoms with Gasteiger partial charge in [-0.15, -0.1) is 12.4 Å². The number of rotatable bonds is 3. The molecule has 22 heavy (non-hydrogen) atoms. The maximum Gasteiger partial charge on any atom is 0.0233 e. The highest BCUT2D eigenvalue weighted by Gasteiger charge is 2.34. The zero-order valence-corrected chi connectivity index (χ0v) is 15.2. The number of benzene rings is 1. The topological polar surface area (TPSA) is 15.3 Å². The Morgan fingerprint density at radius 1 is 1.05 bits per heavy atom. The molecule has 1 aromatic carbocycles. The molecule has 0 radical (unpaired) electrons. The number of nitrogens with one attached hydrogen (secondary N) is 1. The van der Waals surface area contributed by atoms with Gasteiger partial charge in [0.1, 0.15) is 0 Å². The minimum atomic E-state index is 0. The lowest BCUT2D eigenvalue weighted by Gasteiger charge is -2.35. The average molecular weight is 323 g/mol. The molecule has 2 nitrogen and oxygen atoms in total. The quantitative estimate of drug-likeness (QED) is 0.900. The Bertz CT molecular complexity index is 465. The maximum absolute atomic E-state index is 3.74. The molecule has 0 spiro atoms. The SMILES string of the molecule is CN(Cc1ccc(C(C)(C)C)cc1)C1CC2CCC(C1)N2.Cl. The summed E-state index contributed by atoms with van der Waals surface area (Å²) in [5.41, 5.74) is 3.11. The highest BCUT2D eigenvalue weighted by atomic mass is 35.5. The van der Waals surface area contributed by atoms with Crippen molar-refractivity contribution in [2.24, 2.45) is 0 Å². The summed E-state index contributed by atoms with van der Waals surface area (Å²) < 4.78 is 0. The summed E-state index contributed by atoms with van der Waals surface area (Å²) in [6.07, 6.45) is 5.42. The predicted octanol–water partition coefficient (Wildman–Crippen LogP) is 4.12. The second-order valence-corrected chi connectivity index (χ2v) is 8.13. The van der Waals surface area contributed by atoms with Gasteiger partial charge >= 0.3 is 0 Å². The van der Waals surface area contributed by atoms with Gasteiger partial charge in [0.2, 0.25) is 0 Å². The van der Waals surface area contributed by atoms with Crippen molar-refractivity contribution in [3.63, 3.8) is 0 Å². The Morgan fingerprint density at radius 2 is 1.59 bits per heavy atom. The van der Waals surface area contributed by atoms with E-state index in [1.165, 1.54) is 36.8 Å². The molecule has 2 fully saturated rings. The van der Waals surface area contributed by atoms with Crippen LogP contribution in [0.1, 0.15) is 57.6 Å². The van der Waals surface area contributed by atoms with E-state index < -0.39 is 0 Å². The Balaban J connectivity index is 0.00000176. The van der Waals surface area contributed by atoms with Gasteiger partial charge in [-0.05, 0) is 49.3 Å². The molecule has 2 aliphatic heterocycles. The Kier molecular flexibility index (Phi) is 5.58. The number of halogens is 1. The Hall–Kier alpha value is -0.570. The fourth-order valence-electron chi connectivity index (χ4n) is 3.91. The third-order valence-electron chi connectivity index (χ3n) is 5.32. The third-order valence-corrected chi connectivity index (χ3v) is 5.32. The predicted molar refractivity (Wildman–Crippen MR) is 96.8 cm³/mol. The van der Waals surface area contributed by atoms with Crippen molar-refractivity contribution in [1.82, 2.24) is 10.2 Å². The van der Waals surface area contributed by atoms with E-state index in [0.29, 0.717) is 0 Å². The van der Waals surface area contributed by atoms with E-state index in [-0.39, 0.29) is 17.8 Å². The van der Waals surface area contributed by atoms with Crippen LogP contribution in [0, 0.1) is 0 Å². The van der Waals surface area contributed by atoms with Gasteiger partial charge in [-0.1, -0.05) is 45.0 Å². The summed E-state index contributed by atoms with van der Waals surface area (Å²) in [6, 6.07) is 11.5. The molecule has 1 aromatic rings. The summed E-state index contributed by atoms with van der Waals surface area (Å²) in [7, 11) is 2.30. The van der Waals surface area contributed by atoms with Gasteiger partial charge in [0.15, 0.2) is 0 Å². The van der Waals surface area contributed by atoms with Crippen LogP contribution in [0.15, 0.2) is 24.3 Å². The van der Waals surface area contributed by atoms with Crippen LogP contribution in [0.25, 0.3) is 0 Å². The highest BCUT2D eigenvalue weighted by molar-refractivity contribution is 5.85. The molecule has 2 heterocycles. The van der Waals surface area contributed by atoms with Crippen LogP contribution in [0.2, 0.25) is 0 Å². The lowest BCUT2D eigenvalue weighted by atomic mass is 9.86. The molecule has 0 aliphatic carbocycles. The molecule has 2 unspecified atom stereocenters. The van der Waals surface area contributed by atoms with Crippen molar-refractivity contribution in [1.29, 1.82) is 0 Å². The lowest BCUT2D eigenvalue weighted by Crippen LogP contribution is -2.46. The maximum atomic E-state index is 3.74. The smallest absolute Gasteiger partial charge is 0.0233 e. The van der Waals surface area contributed by atoms with Crippen LogP contribution in [0.4, 0.5) is 0 Å². The number of nitrogens with zero attached hydrogens (tertiary/aromatic N) is 1. The molecule has 3 heteroatoms. The second kappa shape index (κ2) is 6.90. The minimum Gasteiger partial charge on any atom is -0.311 e. The molecule has 0 aromatic heterocycles. The average Bonchev–Trinajstić information content (AvgIpc) is 2.77. The van der Waals surface area contributed by atoms with Gasteiger partial charge in [-0.25, -0.2) is 0 Å². The highest BCUT2D eigenvalue weighted by Crippen LogP contribution is 2.30. The van der Waals surface area contributed by atoms with Crippen molar-refractivity contribution >= 4 is 12.4 Å². The first kappa shape index (κ1) is 17.8. The monoisotopic (exact) mass is 322 g/mol. The van der Waals surface area contributed by atoms with E-state index in [2.05, 4.69) is 62.3 Å². The first-order chi connectivity index (χ1) is 9.91. The Morgan fingerprint density at radius 3 is 2.09 bits per heavy atom. The van der Waals surface area contributed by atoms with Crippen LogP contribution in [0.5, 0.6) is 0 Å². The normalized spacial score (nSPS) is 27.8. The van der Waals surface area contributed by atoms with Gasteiger partial charge in [0.25, 0.3) is 0 Å². The van der Waals surface area contributed by atoms with E-state index in [1.807, 2.05) is 0 Å². The first-order valence-corrected chi connectivity index (χ1v) is 8.47. The van der Waals surface area contributed by atoms with E-state index in [1.54, 1.807) is 0 Å². The fourth-order valence-corrected chi connectivity index (χ4v) is 3.91. The van der Waals surface area contributed by atoms with Gasteiger partial charge < -0.3 is 5.32 Å². The lowest BCUT2D eigenvalue weighted by molar-refractivity contribution is 0.166. The Labute approximate surface area is 142 Å². The third kappa shape index (κ3) is 4.04. The summed E-state index contributed by atoms with van der Waals surface area (Å²) in [4.78, 5) is 2.57. The fraction of sp³-hybridized carbons (Fsp3) is 0.684. The number of fused-ring (bicyclic) bond motifs is 2. The molecular formula is C19H31ClN2. The second-order valence-electron chi connectivity index (χ2n) is 8.13. The van der Waals surface area contributed by atoms with Crippen LogP contribution in [-0.4, -0.2) is 30.1 Å². The molecule has 2 aliphatic rings. The largest absolute Gasteiger partial charge is 0.311 e. The minimum absolute atomic E-state index is 0. The number of hydrogen-bond acceptors (Lipinski definition) is 2. The van der Waals surface area contributed by atoms with Crippen molar-refractivity contribution < 1.29 is 0 Å². The van der Waals surface area contributed by atoms with E-state index in [9.17, 15) is 0 Å². The number of piperidine rings is 1. The molecule has 2 saturated heterocycles. The summed E-state index contributed by atoms with van der Waals surface area (Å²) in [6.45, 7) is 7.91. The molecule has 1 N–H and O–H groups in total. The molecular weight excluding hydrogens is 292 g/mol. The van der Waals surface area contributed by atoms with E-state index in [0.717, 1.165) is 24.7 Å². The van der Waals surface area contributed by atoms with Gasteiger partial charge in [-0.2, -0.15) is 0 Å². The molecule has 2 atom stereocenters. The van der Waals surface area contributed by atoms with Gasteiger partial charge in [0, 0.05) is 24.7 Å². The van der Waals surface area contributed by atoms with E-state index >= 15 is 0 Å².